The van der Waals surface area contributed by atoms with Gasteiger partial charge >= 0.3 is 6.18 Å². The summed E-state index contributed by atoms with van der Waals surface area (Å²) in [5.41, 5.74) is 7.27. The molecule has 0 bridgehead atoms. The Balaban J connectivity index is 2.54. The van der Waals surface area contributed by atoms with E-state index in [9.17, 15) is 13.2 Å². The smallest absolute Gasteiger partial charge is 0.318 e. The zero-order chi connectivity index (χ0) is 15.7. The van der Waals surface area contributed by atoms with Gasteiger partial charge in [-0.3, -0.25) is 0 Å². The molecule has 21 heavy (non-hydrogen) atoms. The van der Waals surface area contributed by atoms with Crippen molar-refractivity contribution in [1.29, 1.82) is 0 Å². The van der Waals surface area contributed by atoms with Gasteiger partial charge in [0, 0.05) is 0 Å². The number of aryl methyl sites for hydroxylation is 1. The summed E-state index contributed by atoms with van der Waals surface area (Å²) in [7, 11) is 0. The third-order valence-corrected chi connectivity index (χ3v) is 3.88. The van der Waals surface area contributed by atoms with Gasteiger partial charge in [0.25, 0.3) is 0 Å². The van der Waals surface area contributed by atoms with Gasteiger partial charge in [-0.1, -0.05) is 43.3 Å². The highest BCUT2D eigenvalue weighted by atomic mass is 19.4. The molecule has 1 atom stereocenters. The van der Waals surface area contributed by atoms with Crippen LogP contribution in [0.25, 0.3) is 0 Å². The molecule has 2 N–H and O–H groups in total. The fourth-order valence-electron chi connectivity index (χ4n) is 2.63. The van der Waals surface area contributed by atoms with E-state index >= 15 is 0 Å². The molecule has 0 aliphatic rings. The van der Waals surface area contributed by atoms with Crippen molar-refractivity contribution >= 4 is 0 Å². The Hall–Kier alpha value is -1.81. The largest absolute Gasteiger partial charge is 0.416 e. The first-order valence-electron chi connectivity index (χ1n) is 6.81. The van der Waals surface area contributed by atoms with Crippen LogP contribution in [-0.4, -0.2) is 0 Å². The Morgan fingerprint density at radius 3 is 2.05 bits per heavy atom. The molecule has 2 rings (SSSR count). The van der Waals surface area contributed by atoms with Gasteiger partial charge in [-0.05, 0) is 42.2 Å². The molecular weight excluding hydrogens is 275 g/mol. The van der Waals surface area contributed by atoms with Gasteiger partial charge < -0.3 is 5.73 Å². The minimum atomic E-state index is -4.33. The highest BCUT2D eigenvalue weighted by Gasteiger charge is 2.33. The third-order valence-electron chi connectivity index (χ3n) is 3.88. The molecule has 1 unspecified atom stereocenters. The first-order valence-corrected chi connectivity index (χ1v) is 6.81. The fourth-order valence-corrected chi connectivity index (χ4v) is 2.63. The predicted octanol–water partition coefficient (Wildman–Crippen LogP) is 4.63. The van der Waals surface area contributed by atoms with Crippen molar-refractivity contribution in [1.82, 2.24) is 0 Å². The Morgan fingerprint density at radius 2 is 1.57 bits per heavy atom. The number of halogens is 3. The molecule has 0 spiro atoms. The molecule has 2 aromatic carbocycles. The third kappa shape index (κ3) is 2.95. The average Bonchev–Trinajstić information content (AvgIpc) is 2.46. The number of nitrogens with two attached hydrogens (primary N) is 1. The maximum atomic E-state index is 12.8. The molecule has 0 heterocycles. The molecule has 112 valence electrons. The van der Waals surface area contributed by atoms with Crippen LogP contribution in [0.5, 0.6) is 0 Å². The Kier molecular flexibility index (Phi) is 4.10. The highest BCUT2D eigenvalue weighted by molar-refractivity contribution is 5.44. The Labute approximate surface area is 122 Å². The fraction of sp³-hybridized carbons (Fsp3) is 0.294. The van der Waals surface area contributed by atoms with Crippen molar-refractivity contribution in [3.63, 3.8) is 0 Å². The predicted molar refractivity (Wildman–Crippen MR) is 77.9 cm³/mol. The maximum Gasteiger partial charge on any atom is 0.416 e. The van der Waals surface area contributed by atoms with Crippen LogP contribution in [0.4, 0.5) is 13.2 Å². The first-order chi connectivity index (χ1) is 9.79. The van der Waals surface area contributed by atoms with Crippen LogP contribution in [0.1, 0.15) is 35.6 Å². The molecule has 0 aromatic heterocycles. The first kappa shape index (κ1) is 15.6. The topological polar surface area (TPSA) is 26.0 Å². The van der Waals surface area contributed by atoms with E-state index in [0.717, 1.165) is 23.3 Å². The number of hydrogen-bond acceptors (Lipinski definition) is 1. The standard InChI is InChI=1S/C17H18F3N/c1-3-16(21,13-7-5-4-6-8-13)15-10-9-14(11-12(15)2)17(18,19)20/h4-11H,3,21H2,1-2H3. The molecule has 1 nitrogen and oxygen atoms in total. The van der Waals surface area contributed by atoms with Crippen molar-refractivity contribution in [3.05, 3.63) is 70.8 Å². The average molecular weight is 293 g/mol. The lowest BCUT2D eigenvalue weighted by Gasteiger charge is -2.31. The second kappa shape index (κ2) is 5.53. The second-order valence-corrected chi connectivity index (χ2v) is 5.22. The van der Waals surface area contributed by atoms with Gasteiger partial charge in [0.15, 0.2) is 0 Å². The molecule has 0 radical (unpaired) electrons. The monoisotopic (exact) mass is 293 g/mol. The van der Waals surface area contributed by atoms with Crippen LogP contribution in [0.3, 0.4) is 0 Å². The molecule has 0 aliphatic carbocycles. The summed E-state index contributed by atoms with van der Waals surface area (Å²) in [6, 6.07) is 13.2. The second-order valence-electron chi connectivity index (χ2n) is 5.22. The quantitative estimate of drug-likeness (QED) is 0.877. The van der Waals surface area contributed by atoms with Crippen molar-refractivity contribution in [2.45, 2.75) is 32.0 Å². The van der Waals surface area contributed by atoms with E-state index in [4.69, 9.17) is 5.73 Å². The van der Waals surface area contributed by atoms with Gasteiger partial charge in [-0.2, -0.15) is 13.2 Å². The number of alkyl halides is 3. The van der Waals surface area contributed by atoms with E-state index in [1.54, 1.807) is 6.92 Å². The van der Waals surface area contributed by atoms with E-state index < -0.39 is 17.3 Å². The van der Waals surface area contributed by atoms with Gasteiger partial charge in [-0.25, -0.2) is 0 Å². The molecule has 0 saturated carbocycles. The molecule has 2 aromatic rings. The van der Waals surface area contributed by atoms with Gasteiger partial charge in [-0.15, -0.1) is 0 Å². The lowest BCUT2D eigenvalue weighted by atomic mass is 9.79. The Morgan fingerprint density at radius 1 is 0.952 bits per heavy atom. The minimum Gasteiger partial charge on any atom is -0.318 e. The van der Waals surface area contributed by atoms with Crippen LogP contribution in [0.2, 0.25) is 0 Å². The van der Waals surface area contributed by atoms with Crippen LogP contribution in [0, 0.1) is 6.92 Å². The summed E-state index contributed by atoms with van der Waals surface area (Å²) < 4.78 is 38.3. The van der Waals surface area contributed by atoms with E-state index in [0.29, 0.717) is 12.0 Å². The number of rotatable bonds is 3. The van der Waals surface area contributed by atoms with Gasteiger partial charge in [0.05, 0.1) is 11.1 Å². The van der Waals surface area contributed by atoms with Crippen molar-refractivity contribution in [2.75, 3.05) is 0 Å². The van der Waals surface area contributed by atoms with Gasteiger partial charge in [0.1, 0.15) is 0 Å². The molecule has 0 amide bonds. The molecule has 0 fully saturated rings. The maximum absolute atomic E-state index is 12.8. The summed E-state index contributed by atoms with van der Waals surface area (Å²) >= 11 is 0. The summed E-state index contributed by atoms with van der Waals surface area (Å²) in [6.45, 7) is 3.61. The van der Waals surface area contributed by atoms with E-state index in [2.05, 4.69) is 0 Å². The van der Waals surface area contributed by atoms with Crippen molar-refractivity contribution < 1.29 is 13.2 Å². The van der Waals surface area contributed by atoms with Crippen LogP contribution in [-0.2, 0) is 11.7 Å². The SMILES string of the molecule is CCC(N)(c1ccccc1)c1ccc(C(F)(F)F)cc1C. The lowest BCUT2D eigenvalue weighted by Crippen LogP contribution is -2.38. The van der Waals surface area contributed by atoms with Crippen LogP contribution >= 0.6 is 0 Å². The van der Waals surface area contributed by atoms with E-state index in [-0.39, 0.29) is 0 Å². The lowest BCUT2D eigenvalue weighted by molar-refractivity contribution is -0.137. The highest BCUT2D eigenvalue weighted by Crippen LogP contribution is 2.36. The zero-order valence-corrected chi connectivity index (χ0v) is 12.0. The number of benzene rings is 2. The summed E-state index contributed by atoms with van der Waals surface area (Å²) in [6.07, 6.45) is -3.73. The molecule has 0 saturated heterocycles. The molecule has 4 heteroatoms. The minimum absolute atomic E-state index is 0.554. The Bertz CT molecular complexity index is 620. The van der Waals surface area contributed by atoms with E-state index in [1.807, 2.05) is 37.3 Å². The molecule has 0 aliphatic heterocycles. The van der Waals surface area contributed by atoms with E-state index in [1.165, 1.54) is 6.07 Å². The van der Waals surface area contributed by atoms with Crippen molar-refractivity contribution in [2.24, 2.45) is 5.73 Å². The summed E-state index contributed by atoms with van der Waals surface area (Å²) in [4.78, 5) is 0. The number of hydrogen-bond donors (Lipinski definition) is 1. The summed E-state index contributed by atoms with van der Waals surface area (Å²) in [5.74, 6) is 0. The zero-order valence-electron chi connectivity index (χ0n) is 12.0. The normalized spacial score (nSPS) is 14.8. The summed E-state index contributed by atoms with van der Waals surface area (Å²) in [5, 5.41) is 0. The van der Waals surface area contributed by atoms with Crippen LogP contribution in [0.15, 0.2) is 48.5 Å². The molecular formula is C17H18F3N. The van der Waals surface area contributed by atoms with Gasteiger partial charge in [0.2, 0.25) is 0 Å². The van der Waals surface area contributed by atoms with Crippen LogP contribution < -0.4 is 5.73 Å². The van der Waals surface area contributed by atoms with Crippen molar-refractivity contribution in [3.8, 4) is 0 Å².